The second-order valence-electron chi connectivity index (χ2n) is 3.81. The first kappa shape index (κ1) is 10.5. The van der Waals surface area contributed by atoms with Crippen LogP contribution in [0, 0.1) is 0 Å². The summed E-state index contributed by atoms with van der Waals surface area (Å²) in [7, 11) is 0. The third-order valence-electron chi connectivity index (χ3n) is 2.65. The van der Waals surface area contributed by atoms with Gasteiger partial charge in [0, 0.05) is 6.20 Å². The van der Waals surface area contributed by atoms with Crippen molar-refractivity contribution in [3.05, 3.63) is 36.5 Å². The number of aliphatic carboxylic acids is 1. The molecule has 0 aromatic carbocycles. The Morgan fingerprint density at radius 2 is 2.33 bits per heavy atom. The van der Waals surface area contributed by atoms with Crippen LogP contribution in [-0.4, -0.2) is 26.0 Å². The van der Waals surface area contributed by atoms with Gasteiger partial charge in [-0.2, -0.15) is 0 Å². The van der Waals surface area contributed by atoms with Crippen molar-refractivity contribution in [2.45, 2.75) is 6.42 Å². The summed E-state index contributed by atoms with van der Waals surface area (Å²) in [5, 5.41) is 9.58. The Labute approximate surface area is 101 Å². The summed E-state index contributed by atoms with van der Waals surface area (Å²) < 4.78 is 5.31. The molecule has 0 saturated carbocycles. The van der Waals surface area contributed by atoms with Crippen LogP contribution in [0.2, 0.25) is 0 Å². The van der Waals surface area contributed by atoms with Gasteiger partial charge in [-0.3, -0.25) is 4.79 Å². The van der Waals surface area contributed by atoms with E-state index in [1.807, 2.05) is 0 Å². The highest BCUT2D eigenvalue weighted by molar-refractivity contribution is 5.94. The third-order valence-corrected chi connectivity index (χ3v) is 2.65. The van der Waals surface area contributed by atoms with Crippen molar-refractivity contribution in [1.82, 2.24) is 15.0 Å². The van der Waals surface area contributed by atoms with E-state index in [9.17, 15) is 4.79 Å². The SMILES string of the molecule is O=C(O)Cc1c[nH]c2ncnc(-c3ccco3)c12. The lowest BCUT2D eigenvalue weighted by atomic mass is 10.1. The van der Waals surface area contributed by atoms with Gasteiger partial charge in [-0.25, -0.2) is 9.97 Å². The van der Waals surface area contributed by atoms with Crippen LogP contribution in [0.15, 0.2) is 35.3 Å². The van der Waals surface area contributed by atoms with Crippen molar-refractivity contribution in [1.29, 1.82) is 0 Å². The topological polar surface area (TPSA) is 92.0 Å². The lowest BCUT2D eigenvalue weighted by molar-refractivity contribution is -0.136. The molecule has 0 aliphatic rings. The number of hydrogen-bond acceptors (Lipinski definition) is 4. The van der Waals surface area contributed by atoms with Crippen molar-refractivity contribution >= 4 is 17.0 Å². The maximum absolute atomic E-state index is 10.8. The number of carbonyl (C=O) groups is 1. The first-order chi connectivity index (χ1) is 8.75. The molecule has 3 heterocycles. The molecule has 0 saturated heterocycles. The van der Waals surface area contributed by atoms with Gasteiger partial charge in [0.1, 0.15) is 17.7 Å². The summed E-state index contributed by atoms with van der Waals surface area (Å²) in [5.41, 5.74) is 1.85. The van der Waals surface area contributed by atoms with Gasteiger partial charge in [-0.15, -0.1) is 0 Å². The van der Waals surface area contributed by atoms with Crippen LogP contribution in [0.25, 0.3) is 22.5 Å². The largest absolute Gasteiger partial charge is 0.481 e. The van der Waals surface area contributed by atoms with E-state index in [1.165, 1.54) is 6.33 Å². The average molecular weight is 243 g/mol. The van der Waals surface area contributed by atoms with E-state index >= 15 is 0 Å². The van der Waals surface area contributed by atoms with Crippen molar-refractivity contribution in [3.8, 4) is 11.5 Å². The maximum Gasteiger partial charge on any atom is 0.307 e. The second-order valence-corrected chi connectivity index (χ2v) is 3.81. The van der Waals surface area contributed by atoms with Crippen molar-refractivity contribution in [2.24, 2.45) is 0 Å². The molecule has 0 unspecified atom stereocenters. The van der Waals surface area contributed by atoms with E-state index in [1.54, 1.807) is 24.6 Å². The minimum Gasteiger partial charge on any atom is -0.481 e. The molecule has 3 aromatic rings. The molecule has 0 fully saturated rings. The minimum atomic E-state index is -0.898. The number of aromatic nitrogens is 3. The molecule has 18 heavy (non-hydrogen) atoms. The van der Waals surface area contributed by atoms with Crippen LogP contribution in [0.4, 0.5) is 0 Å². The van der Waals surface area contributed by atoms with Gasteiger partial charge in [-0.1, -0.05) is 0 Å². The van der Waals surface area contributed by atoms with Crippen LogP contribution >= 0.6 is 0 Å². The summed E-state index contributed by atoms with van der Waals surface area (Å²) in [4.78, 5) is 22.0. The van der Waals surface area contributed by atoms with Gasteiger partial charge in [0.2, 0.25) is 0 Å². The van der Waals surface area contributed by atoms with Crippen LogP contribution in [0.5, 0.6) is 0 Å². The number of hydrogen-bond donors (Lipinski definition) is 2. The summed E-state index contributed by atoms with van der Waals surface area (Å²) in [6.45, 7) is 0. The molecule has 0 atom stereocenters. The highest BCUT2D eigenvalue weighted by Crippen LogP contribution is 2.28. The third kappa shape index (κ3) is 1.64. The molecular weight excluding hydrogens is 234 g/mol. The van der Waals surface area contributed by atoms with Gasteiger partial charge in [0.15, 0.2) is 5.76 Å². The molecule has 0 radical (unpaired) electrons. The van der Waals surface area contributed by atoms with E-state index in [0.29, 0.717) is 28.1 Å². The normalized spacial score (nSPS) is 10.9. The Morgan fingerprint density at radius 1 is 1.44 bits per heavy atom. The molecule has 3 rings (SSSR count). The monoisotopic (exact) mass is 243 g/mol. The number of rotatable bonds is 3. The number of nitrogens with zero attached hydrogens (tertiary/aromatic N) is 2. The molecule has 2 N–H and O–H groups in total. The second kappa shape index (κ2) is 3.99. The molecule has 3 aromatic heterocycles. The molecule has 90 valence electrons. The van der Waals surface area contributed by atoms with Gasteiger partial charge >= 0.3 is 5.97 Å². The van der Waals surface area contributed by atoms with E-state index in [0.717, 1.165) is 0 Å². The number of furan rings is 1. The van der Waals surface area contributed by atoms with Gasteiger partial charge in [0.25, 0.3) is 0 Å². The van der Waals surface area contributed by atoms with E-state index < -0.39 is 5.97 Å². The predicted octanol–water partition coefficient (Wildman–Crippen LogP) is 1.84. The lowest BCUT2D eigenvalue weighted by Gasteiger charge is -2.00. The Hall–Kier alpha value is -2.63. The zero-order valence-corrected chi connectivity index (χ0v) is 9.25. The van der Waals surface area contributed by atoms with Crippen LogP contribution in [0.3, 0.4) is 0 Å². The number of carboxylic acids is 1. The van der Waals surface area contributed by atoms with Gasteiger partial charge in [-0.05, 0) is 17.7 Å². The number of H-pyrrole nitrogens is 1. The fraction of sp³-hybridized carbons (Fsp3) is 0.0833. The van der Waals surface area contributed by atoms with Gasteiger partial charge < -0.3 is 14.5 Å². The van der Waals surface area contributed by atoms with Crippen molar-refractivity contribution < 1.29 is 14.3 Å². The van der Waals surface area contributed by atoms with Crippen LogP contribution < -0.4 is 0 Å². The van der Waals surface area contributed by atoms with Crippen LogP contribution in [0.1, 0.15) is 5.56 Å². The van der Waals surface area contributed by atoms with E-state index in [4.69, 9.17) is 9.52 Å². The Bertz CT molecular complexity index is 701. The zero-order chi connectivity index (χ0) is 12.5. The highest BCUT2D eigenvalue weighted by atomic mass is 16.4. The molecule has 0 spiro atoms. The molecule has 0 bridgehead atoms. The molecule has 0 aliphatic carbocycles. The molecule has 0 amide bonds. The molecule has 0 aliphatic heterocycles. The zero-order valence-electron chi connectivity index (χ0n) is 9.25. The number of fused-ring (bicyclic) bond motifs is 1. The predicted molar refractivity (Wildman–Crippen MR) is 62.9 cm³/mol. The fourth-order valence-electron chi connectivity index (χ4n) is 1.93. The van der Waals surface area contributed by atoms with E-state index in [2.05, 4.69) is 15.0 Å². The molecular formula is C12H9N3O3. The number of aromatic amines is 1. The van der Waals surface area contributed by atoms with Gasteiger partial charge in [0.05, 0.1) is 18.1 Å². The minimum absolute atomic E-state index is 0.0823. The number of nitrogens with one attached hydrogen (secondary N) is 1. The summed E-state index contributed by atoms with van der Waals surface area (Å²) >= 11 is 0. The summed E-state index contributed by atoms with van der Waals surface area (Å²) in [6, 6.07) is 3.53. The fourth-order valence-corrected chi connectivity index (χ4v) is 1.93. The maximum atomic E-state index is 10.8. The van der Waals surface area contributed by atoms with Crippen molar-refractivity contribution in [3.63, 3.8) is 0 Å². The first-order valence-electron chi connectivity index (χ1n) is 5.32. The summed E-state index contributed by atoms with van der Waals surface area (Å²) in [6.07, 6.45) is 4.52. The Balaban J connectivity index is 2.25. The lowest BCUT2D eigenvalue weighted by Crippen LogP contribution is -1.99. The molecule has 6 heteroatoms. The first-order valence-corrected chi connectivity index (χ1v) is 5.32. The molecule has 6 nitrogen and oxygen atoms in total. The standard InChI is InChI=1S/C12H9N3O3/c16-9(17)4-7-5-13-12-10(7)11(14-6-15-12)8-2-1-3-18-8/h1-3,5-6H,4H2,(H,16,17)(H,13,14,15). The van der Waals surface area contributed by atoms with Crippen molar-refractivity contribution in [2.75, 3.05) is 0 Å². The number of carboxylic acid groups (broad SMARTS) is 1. The Morgan fingerprint density at radius 3 is 3.06 bits per heavy atom. The average Bonchev–Trinajstić information content (AvgIpc) is 2.98. The summed E-state index contributed by atoms with van der Waals surface area (Å²) in [5.74, 6) is -0.307. The quantitative estimate of drug-likeness (QED) is 0.732. The Kier molecular flexibility index (Phi) is 2.33. The highest BCUT2D eigenvalue weighted by Gasteiger charge is 2.15. The van der Waals surface area contributed by atoms with E-state index in [-0.39, 0.29) is 6.42 Å². The van der Waals surface area contributed by atoms with Crippen LogP contribution in [-0.2, 0) is 11.2 Å². The smallest absolute Gasteiger partial charge is 0.307 e.